The minimum absolute atomic E-state index is 0.212. The zero-order valence-electron chi connectivity index (χ0n) is 10.8. The van der Waals surface area contributed by atoms with Gasteiger partial charge in [-0.2, -0.15) is 0 Å². The van der Waals surface area contributed by atoms with Crippen LogP contribution in [0.25, 0.3) is 10.8 Å². The summed E-state index contributed by atoms with van der Waals surface area (Å²) in [6.45, 7) is 4.80. The lowest BCUT2D eigenvalue weighted by molar-refractivity contribution is 0.0343. The highest BCUT2D eigenvalue weighted by Gasteiger charge is 2.16. The van der Waals surface area contributed by atoms with E-state index in [1.54, 1.807) is 7.11 Å². The molecule has 0 amide bonds. The molecular weight excluding hydrogens is 292 g/mol. The van der Waals surface area contributed by atoms with E-state index >= 15 is 0 Å². The minimum atomic E-state index is -0.212. The average Bonchev–Trinajstić information content (AvgIpc) is 2.37. The molecule has 0 atom stereocenters. The van der Waals surface area contributed by atoms with E-state index in [4.69, 9.17) is 4.74 Å². The first-order chi connectivity index (χ1) is 8.53. The first-order valence-electron chi connectivity index (χ1n) is 5.86. The van der Waals surface area contributed by atoms with Crippen LogP contribution in [0.5, 0.6) is 0 Å². The van der Waals surface area contributed by atoms with E-state index in [9.17, 15) is 0 Å². The lowest BCUT2D eigenvalue weighted by Gasteiger charge is -2.23. The van der Waals surface area contributed by atoms with Gasteiger partial charge in [-0.1, -0.05) is 28.1 Å². The Bertz CT molecular complexity index is 554. The monoisotopic (exact) mass is 308 g/mol. The highest BCUT2D eigenvalue weighted by Crippen LogP contribution is 2.27. The van der Waals surface area contributed by atoms with Crippen LogP contribution < -0.4 is 5.32 Å². The largest absolute Gasteiger partial charge is 0.377 e. The molecule has 2 aromatic rings. The summed E-state index contributed by atoms with van der Waals surface area (Å²) in [5.41, 5.74) is -0.212. The van der Waals surface area contributed by atoms with Gasteiger partial charge in [0.25, 0.3) is 0 Å². The van der Waals surface area contributed by atoms with Crippen LogP contribution in [0, 0.1) is 0 Å². The van der Waals surface area contributed by atoms with Crippen molar-refractivity contribution in [1.82, 2.24) is 4.98 Å². The van der Waals surface area contributed by atoms with Crippen LogP contribution in [0.4, 0.5) is 5.82 Å². The van der Waals surface area contributed by atoms with E-state index in [1.165, 1.54) is 0 Å². The van der Waals surface area contributed by atoms with Crippen LogP contribution in [0.15, 0.2) is 34.9 Å². The number of hydrogen-bond donors (Lipinski definition) is 1. The number of fused-ring (bicyclic) bond motifs is 1. The van der Waals surface area contributed by atoms with Crippen molar-refractivity contribution in [3.63, 3.8) is 0 Å². The molecule has 3 nitrogen and oxygen atoms in total. The molecule has 18 heavy (non-hydrogen) atoms. The van der Waals surface area contributed by atoms with E-state index in [0.29, 0.717) is 6.54 Å². The van der Waals surface area contributed by atoms with Crippen LogP contribution in [-0.4, -0.2) is 24.2 Å². The summed E-state index contributed by atoms with van der Waals surface area (Å²) >= 11 is 3.56. The fourth-order valence-electron chi connectivity index (χ4n) is 1.68. The second kappa shape index (κ2) is 5.24. The highest BCUT2D eigenvalue weighted by molar-refractivity contribution is 9.10. The quantitative estimate of drug-likeness (QED) is 0.932. The van der Waals surface area contributed by atoms with Gasteiger partial charge < -0.3 is 10.1 Å². The Morgan fingerprint density at radius 1 is 1.28 bits per heavy atom. The zero-order chi connectivity index (χ0) is 13.2. The number of benzene rings is 1. The normalized spacial score (nSPS) is 11.8. The lowest BCUT2D eigenvalue weighted by atomic mass is 10.1. The van der Waals surface area contributed by atoms with Crippen LogP contribution in [-0.2, 0) is 4.74 Å². The number of hydrogen-bond acceptors (Lipinski definition) is 3. The molecule has 0 radical (unpaired) electrons. The summed E-state index contributed by atoms with van der Waals surface area (Å²) < 4.78 is 6.48. The van der Waals surface area contributed by atoms with Crippen molar-refractivity contribution in [1.29, 1.82) is 0 Å². The van der Waals surface area contributed by atoms with Gasteiger partial charge in [-0.25, -0.2) is 4.98 Å². The van der Waals surface area contributed by atoms with Crippen molar-refractivity contribution in [3.05, 3.63) is 34.9 Å². The Balaban J connectivity index is 2.32. The molecule has 0 aliphatic rings. The molecule has 0 aliphatic carbocycles. The molecule has 2 rings (SSSR count). The number of pyridine rings is 1. The van der Waals surface area contributed by atoms with Gasteiger partial charge in [-0.3, -0.25) is 0 Å². The number of ether oxygens (including phenoxy) is 1. The lowest BCUT2D eigenvalue weighted by Crippen LogP contribution is -2.32. The molecule has 4 heteroatoms. The van der Waals surface area contributed by atoms with E-state index in [1.807, 2.05) is 38.2 Å². The standard InChI is InChI=1S/C14H17BrN2O/c1-14(2,18-3)9-17-13-11-5-4-6-12(15)10(11)7-8-16-13/h4-8H,9H2,1-3H3,(H,16,17). The van der Waals surface area contributed by atoms with Gasteiger partial charge in [0.2, 0.25) is 0 Å². The number of rotatable bonds is 4. The average molecular weight is 309 g/mol. The van der Waals surface area contributed by atoms with E-state index < -0.39 is 0 Å². The van der Waals surface area contributed by atoms with Crippen LogP contribution in [0.3, 0.4) is 0 Å². The Morgan fingerprint density at radius 3 is 2.78 bits per heavy atom. The predicted octanol–water partition coefficient (Wildman–Crippen LogP) is 3.83. The van der Waals surface area contributed by atoms with Crippen molar-refractivity contribution >= 4 is 32.5 Å². The third kappa shape index (κ3) is 2.82. The van der Waals surface area contributed by atoms with Gasteiger partial charge in [0, 0.05) is 35.1 Å². The molecule has 1 aromatic carbocycles. The van der Waals surface area contributed by atoms with Crippen LogP contribution >= 0.6 is 15.9 Å². The van der Waals surface area contributed by atoms with Gasteiger partial charge in [0.15, 0.2) is 0 Å². The van der Waals surface area contributed by atoms with Crippen molar-refractivity contribution in [2.45, 2.75) is 19.4 Å². The maximum absolute atomic E-state index is 5.40. The Morgan fingerprint density at radius 2 is 2.06 bits per heavy atom. The van der Waals surface area contributed by atoms with E-state index in [-0.39, 0.29) is 5.60 Å². The number of nitrogens with one attached hydrogen (secondary N) is 1. The fourth-order valence-corrected chi connectivity index (χ4v) is 2.18. The summed E-state index contributed by atoms with van der Waals surface area (Å²) in [5, 5.41) is 5.62. The molecule has 0 fully saturated rings. The molecule has 1 heterocycles. The molecule has 0 bridgehead atoms. The number of aromatic nitrogens is 1. The van der Waals surface area contributed by atoms with Crippen LogP contribution in [0.2, 0.25) is 0 Å². The van der Waals surface area contributed by atoms with Crippen molar-refractivity contribution in [2.75, 3.05) is 19.0 Å². The van der Waals surface area contributed by atoms with E-state index in [2.05, 4.69) is 32.3 Å². The van der Waals surface area contributed by atoms with Gasteiger partial charge >= 0.3 is 0 Å². The summed E-state index contributed by atoms with van der Waals surface area (Å²) in [5.74, 6) is 0.888. The van der Waals surface area contributed by atoms with Crippen LogP contribution in [0.1, 0.15) is 13.8 Å². The molecule has 0 spiro atoms. The molecule has 0 saturated carbocycles. The van der Waals surface area contributed by atoms with E-state index in [0.717, 1.165) is 21.1 Å². The highest BCUT2D eigenvalue weighted by atomic mass is 79.9. The molecule has 1 N–H and O–H groups in total. The number of nitrogens with zero attached hydrogens (tertiary/aromatic N) is 1. The topological polar surface area (TPSA) is 34.1 Å². The summed E-state index contributed by atoms with van der Waals surface area (Å²) in [4.78, 5) is 4.40. The zero-order valence-corrected chi connectivity index (χ0v) is 12.4. The maximum Gasteiger partial charge on any atom is 0.133 e. The Hall–Kier alpha value is -1.13. The third-order valence-electron chi connectivity index (χ3n) is 2.99. The first-order valence-corrected chi connectivity index (χ1v) is 6.65. The predicted molar refractivity (Wildman–Crippen MR) is 79.0 cm³/mol. The minimum Gasteiger partial charge on any atom is -0.377 e. The Kier molecular flexibility index (Phi) is 3.88. The smallest absolute Gasteiger partial charge is 0.133 e. The van der Waals surface area contributed by atoms with Gasteiger partial charge in [0.1, 0.15) is 5.82 Å². The van der Waals surface area contributed by atoms with Gasteiger partial charge in [0.05, 0.1) is 5.60 Å². The van der Waals surface area contributed by atoms with Gasteiger partial charge in [-0.05, 0) is 26.0 Å². The summed E-state index contributed by atoms with van der Waals surface area (Å²) in [7, 11) is 1.72. The third-order valence-corrected chi connectivity index (χ3v) is 3.68. The number of methoxy groups -OCH3 is 1. The van der Waals surface area contributed by atoms with Crippen molar-refractivity contribution < 1.29 is 4.74 Å². The summed E-state index contributed by atoms with van der Waals surface area (Å²) in [6.07, 6.45) is 1.81. The summed E-state index contributed by atoms with van der Waals surface area (Å²) in [6, 6.07) is 8.12. The number of anilines is 1. The molecule has 0 unspecified atom stereocenters. The second-order valence-electron chi connectivity index (χ2n) is 4.81. The SMILES string of the molecule is COC(C)(C)CNc1nccc2c(Br)cccc12. The first kappa shape index (κ1) is 13.3. The van der Waals surface area contributed by atoms with Gasteiger partial charge in [-0.15, -0.1) is 0 Å². The maximum atomic E-state index is 5.40. The molecule has 1 aromatic heterocycles. The number of halogens is 1. The molecule has 0 aliphatic heterocycles. The molecule has 0 saturated heterocycles. The second-order valence-corrected chi connectivity index (χ2v) is 5.67. The molecule has 96 valence electrons. The fraction of sp³-hybridized carbons (Fsp3) is 0.357. The van der Waals surface area contributed by atoms with Crippen molar-refractivity contribution in [3.8, 4) is 0 Å². The molecular formula is C14H17BrN2O. The Labute approximate surface area is 116 Å². The van der Waals surface area contributed by atoms with Crippen molar-refractivity contribution in [2.24, 2.45) is 0 Å².